The standard InChI is InChI=1S/C18H25FN4O2S2.HI/c1-4-20-18(23-14(3)15-8-7-13(2)16(19)12-15)21-9-10-22-27(24,25)17-6-5-11-26-17;/h5-8,11-12,14,22H,4,9-10H2,1-3H3,(H2,20,21,23);1H. The average Bonchev–Trinajstić information content (AvgIpc) is 3.16. The number of guanidine groups is 1. The first-order chi connectivity index (χ1) is 12.8. The van der Waals surface area contributed by atoms with E-state index in [1.807, 2.05) is 19.9 Å². The van der Waals surface area contributed by atoms with Crippen LogP contribution in [0.3, 0.4) is 0 Å². The summed E-state index contributed by atoms with van der Waals surface area (Å²) in [6, 6.07) is 8.22. The maximum absolute atomic E-state index is 13.8. The Morgan fingerprint density at radius 3 is 2.68 bits per heavy atom. The van der Waals surface area contributed by atoms with Crippen LogP contribution in [0.2, 0.25) is 0 Å². The molecule has 1 unspecified atom stereocenters. The highest BCUT2D eigenvalue weighted by molar-refractivity contribution is 14.0. The molecule has 0 fully saturated rings. The molecule has 0 bridgehead atoms. The van der Waals surface area contributed by atoms with Crippen LogP contribution < -0.4 is 15.4 Å². The molecule has 28 heavy (non-hydrogen) atoms. The van der Waals surface area contributed by atoms with E-state index in [4.69, 9.17) is 0 Å². The average molecular weight is 540 g/mol. The third-order valence-corrected chi connectivity index (χ3v) is 6.69. The first-order valence-electron chi connectivity index (χ1n) is 8.67. The van der Waals surface area contributed by atoms with E-state index in [0.29, 0.717) is 18.1 Å². The van der Waals surface area contributed by atoms with Crippen LogP contribution in [0, 0.1) is 12.7 Å². The number of aryl methyl sites for hydroxylation is 1. The Balaban J connectivity index is 0.00000392. The van der Waals surface area contributed by atoms with E-state index in [1.165, 1.54) is 17.4 Å². The third-order valence-electron chi connectivity index (χ3n) is 3.83. The molecule has 0 saturated carbocycles. The van der Waals surface area contributed by atoms with Gasteiger partial charge < -0.3 is 10.6 Å². The van der Waals surface area contributed by atoms with E-state index in [1.54, 1.807) is 30.5 Å². The maximum Gasteiger partial charge on any atom is 0.250 e. The topological polar surface area (TPSA) is 82.6 Å². The molecule has 0 radical (unpaired) electrons. The fourth-order valence-electron chi connectivity index (χ4n) is 2.32. The van der Waals surface area contributed by atoms with Crippen molar-refractivity contribution in [2.75, 3.05) is 19.6 Å². The smallest absolute Gasteiger partial charge is 0.250 e. The SMILES string of the molecule is CCNC(=NCCNS(=O)(=O)c1cccs1)NC(C)c1ccc(C)c(F)c1.I. The van der Waals surface area contributed by atoms with E-state index >= 15 is 0 Å². The molecule has 2 rings (SSSR count). The number of aliphatic imine (C=N–C) groups is 1. The molecule has 0 aliphatic carbocycles. The highest BCUT2D eigenvalue weighted by atomic mass is 127. The zero-order valence-corrected chi connectivity index (χ0v) is 20.0. The number of sulfonamides is 1. The summed E-state index contributed by atoms with van der Waals surface area (Å²) in [6.45, 7) is 6.68. The molecular formula is C18H26FIN4O2S2. The van der Waals surface area contributed by atoms with Gasteiger partial charge in [0.05, 0.1) is 12.6 Å². The van der Waals surface area contributed by atoms with Gasteiger partial charge in [-0.1, -0.05) is 18.2 Å². The first kappa shape index (κ1) is 24.8. The summed E-state index contributed by atoms with van der Waals surface area (Å²) < 4.78 is 40.7. The molecule has 1 aromatic carbocycles. The highest BCUT2D eigenvalue weighted by Crippen LogP contribution is 2.16. The highest BCUT2D eigenvalue weighted by Gasteiger charge is 2.14. The monoisotopic (exact) mass is 540 g/mol. The maximum atomic E-state index is 13.8. The van der Waals surface area contributed by atoms with E-state index in [-0.39, 0.29) is 53.1 Å². The summed E-state index contributed by atoms with van der Waals surface area (Å²) in [6.07, 6.45) is 0. The Kier molecular flexibility index (Phi) is 10.4. The van der Waals surface area contributed by atoms with Gasteiger partial charge in [0.25, 0.3) is 0 Å². The minimum Gasteiger partial charge on any atom is -0.357 e. The van der Waals surface area contributed by atoms with Gasteiger partial charge >= 0.3 is 0 Å². The molecule has 3 N–H and O–H groups in total. The van der Waals surface area contributed by atoms with Crippen molar-refractivity contribution >= 4 is 51.3 Å². The summed E-state index contributed by atoms with van der Waals surface area (Å²) >= 11 is 1.17. The molecule has 2 aromatic rings. The summed E-state index contributed by atoms with van der Waals surface area (Å²) in [5.74, 6) is 0.298. The van der Waals surface area contributed by atoms with Crippen LogP contribution in [0.5, 0.6) is 0 Å². The summed E-state index contributed by atoms with van der Waals surface area (Å²) in [5.41, 5.74) is 1.41. The van der Waals surface area contributed by atoms with Gasteiger partial charge in [0.2, 0.25) is 10.0 Å². The number of hydrogen-bond acceptors (Lipinski definition) is 4. The molecule has 1 aromatic heterocycles. The lowest BCUT2D eigenvalue weighted by Crippen LogP contribution is -2.39. The predicted molar refractivity (Wildman–Crippen MR) is 124 cm³/mol. The predicted octanol–water partition coefficient (Wildman–Crippen LogP) is 3.41. The minimum atomic E-state index is -3.49. The normalized spacial score (nSPS) is 12.9. The molecule has 0 amide bonds. The van der Waals surface area contributed by atoms with Gasteiger partial charge in [0.1, 0.15) is 10.0 Å². The first-order valence-corrected chi connectivity index (χ1v) is 11.0. The zero-order valence-electron chi connectivity index (χ0n) is 16.0. The van der Waals surface area contributed by atoms with E-state index in [2.05, 4.69) is 20.3 Å². The molecule has 6 nitrogen and oxygen atoms in total. The fraction of sp³-hybridized carbons (Fsp3) is 0.389. The molecule has 1 heterocycles. The summed E-state index contributed by atoms with van der Waals surface area (Å²) in [5, 5.41) is 8.03. The molecule has 156 valence electrons. The minimum absolute atomic E-state index is 0. The molecule has 0 aliphatic rings. The van der Waals surface area contributed by atoms with Gasteiger partial charge in [-0.2, -0.15) is 0 Å². The number of nitrogens with zero attached hydrogens (tertiary/aromatic N) is 1. The Hall–Kier alpha value is -1.24. The van der Waals surface area contributed by atoms with Crippen molar-refractivity contribution in [3.63, 3.8) is 0 Å². The van der Waals surface area contributed by atoms with Gasteiger partial charge in [0.15, 0.2) is 5.96 Å². The van der Waals surface area contributed by atoms with Crippen LogP contribution in [-0.2, 0) is 10.0 Å². The van der Waals surface area contributed by atoms with Crippen LogP contribution in [0.4, 0.5) is 4.39 Å². The van der Waals surface area contributed by atoms with Crippen molar-refractivity contribution in [3.05, 3.63) is 52.7 Å². The van der Waals surface area contributed by atoms with E-state index in [9.17, 15) is 12.8 Å². The molecular weight excluding hydrogens is 514 g/mol. The van der Waals surface area contributed by atoms with Crippen molar-refractivity contribution in [3.8, 4) is 0 Å². The van der Waals surface area contributed by atoms with Crippen LogP contribution in [0.25, 0.3) is 0 Å². The number of thiophene rings is 1. The second kappa shape index (κ2) is 11.7. The van der Waals surface area contributed by atoms with Crippen LogP contribution in [-0.4, -0.2) is 34.0 Å². The van der Waals surface area contributed by atoms with Crippen molar-refractivity contribution in [2.24, 2.45) is 4.99 Å². The van der Waals surface area contributed by atoms with Crippen molar-refractivity contribution in [1.82, 2.24) is 15.4 Å². The van der Waals surface area contributed by atoms with Gasteiger partial charge in [-0.25, -0.2) is 17.5 Å². The number of rotatable bonds is 8. The Morgan fingerprint density at radius 2 is 2.07 bits per heavy atom. The van der Waals surface area contributed by atoms with Gasteiger partial charge in [-0.05, 0) is 49.4 Å². The zero-order chi connectivity index (χ0) is 19.9. The number of nitrogens with one attached hydrogen (secondary N) is 3. The molecule has 0 spiro atoms. The third kappa shape index (κ3) is 7.30. The van der Waals surface area contributed by atoms with Gasteiger partial charge in [-0.15, -0.1) is 35.3 Å². The largest absolute Gasteiger partial charge is 0.357 e. The summed E-state index contributed by atoms with van der Waals surface area (Å²) in [4.78, 5) is 4.38. The molecule has 0 saturated heterocycles. The Labute approximate surface area is 187 Å². The van der Waals surface area contributed by atoms with Crippen LogP contribution in [0.1, 0.15) is 31.0 Å². The lowest BCUT2D eigenvalue weighted by atomic mass is 10.1. The Morgan fingerprint density at radius 1 is 1.32 bits per heavy atom. The number of hydrogen-bond donors (Lipinski definition) is 3. The number of halogens is 2. The van der Waals surface area contributed by atoms with E-state index < -0.39 is 10.0 Å². The molecule has 10 heteroatoms. The van der Waals surface area contributed by atoms with Crippen molar-refractivity contribution in [2.45, 2.75) is 31.0 Å². The van der Waals surface area contributed by atoms with Gasteiger partial charge in [-0.3, -0.25) is 4.99 Å². The Bertz CT molecular complexity index is 874. The lowest BCUT2D eigenvalue weighted by Gasteiger charge is -2.18. The second-order valence-corrected chi connectivity index (χ2v) is 8.91. The quantitative estimate of drug-likeness (QED) is 0.208. The fourth-order valence-corrected chi connectivity index (χ4v) is 4.38. The second-order valence-electron chi connectivity index (χ2n) is 5.97. The van der Waals surface area contributed by atoms with Crippen molar-refractivity contribution in [1.29, 1.82) is 0 Å². The lowest BCUT2D eigenvalue weighted by molar-refractivity contribution is 0.584. The van der Waals surface area contributed by atoms with Crippen LogP contribution >= 0.6 is 35.3 Å². The summed E-state index contributed by atoms with van der Waals surface area (Å²) in [7, 11) is -3.49. The van der Waals surface area contributed by atoms with Crippen molar-refractivity contribution < 1.29 is 12.8 Å². The molecule has 1 atom stereocenters. The number of benzene rings is 1. The van der Waals surface area contributed by atoms with E-state index in [0.717, 1.165) is 5.56 Å². The van der Waals surface area contributed by atoms with Gasteiger partial charge in [0, 0.05) is 13.1 Å². The van der Waals surface area contributed by atoms with Crippen LogP contribution in [0.15, 0.2) is 44.9 Å². The molecule has 0 aliphatic heterocycles.